The highest BCUT2D eigenvalue weighted by Crippen LogP contribution is 2.24. The first kappa shape index (κ1) is 21.9. The monoisotopic (exact) mass is 402 g/mol. The van der Waals surface area contributed by atoms with Crippen LogP contribution in [0.4, 0.5) is 0 Å². The summed E-state index contributed by atoms with van der Waals surface area (Å²) < 4.78 is 11.7. The number of aryl methyl sites for hydroxylation is 1. The average molecular weight is 403 g/mol. The molecule has 1 aromatic rings. The van der Waals surface area contributed by atoms with Gasteiger partial charge in [0.2, 0.25) is 0 Å². The molecule has 2 heterocycles. The van der Waals surface area contributed by atoms with E-state index >= 15 is 0 Å². The van der Waals surface area contributed by atoms with E-state index in [0.717, 1.165) is 36.8 Å². The van der Waals surface area contributed by atoms with Gasteiger partial charge in [-0.2, -0.15) is 0 Å². The first-order chi connectivity index (χ1) is 14.1. The molecule has 2 fully saturated rings. The molecule has 1 aromatic carbocycles. The van der Waals surface area contributed by atoms with Gasteiger partial charge < -0.3 is 20.1 Å². The lowest BCUT2D eigenvalue weighted by atomic mass is 10.0. The van der Waals surface area contributed by atoms with Crippen molar-refractivity contribution in [3.05, 3.63) is 29.3 Å². The molecule has 0 spiro atoms. The largest absolute Gasteiger partial charge is 0.488 e. The van der Waals surface area contributed by atoms with Crippen LogP contribution in [0.1, 0.15) is 50.7 Å². The summed E-state index contributed by atoms with van der Waals surface area (Å²) in [5.41, 5.74) is 2.35. The van der Waals surface area contributed by atoms with E-state index in [1.807, 2.05) is 7.05 Å². The Morgan fingerprint density at radius 2 is 2.17 bits per heavy atom. The molecule has 2 N–H and O–H groups in total. The van der Waals surface area contributed by atoms with E-state index in [1.165, 1.54) is 31.4 Å². The van der Waals surface area contributed by atoms with Crippen molar-refractivity contribution >= 4 is 5.96 Å². The molecule has 0 amide bonds. The highest BCUT2D eigenvalue weighted by molar-refractivity contribution is 5.79. The van der Waals surface area contributed by atoms with Crippen LogP contribution in [-0.2, 0) is 11.3 Å². The Labute approximate surface area is 176 Å². The van der Waals surface area contributed by atoms with E-state index in [4.69, 9.17) is 9.47 Å². The minimum absolute atomic E-state index is 0.153. The van der Waals surface area contributed by atoms with Crippen LogP contribution >= 0.6 is 0 Å². The van der Waals surface area contributed by atoms with Crippen molar-refractivity contribution in [2.45, 2.75) is 71.2 Å². The van der Waals surface area contributed by atoms with Gasteiger partial charge in [0.25, 0.3) is 0 Å². The Hall–Kier alpha value is -1.79. The van der Waals surface area contributed by atoms with Crippen LogP contribution in [0.25, 0.3) is 0 Å². The zero-order valence-corrected chi connectivity index (χ0v) is 18.5. The third-order valence-electron chi connectivity index (χ3n) is 6.06. The Bertz CT molecular complexity index is 673. The van der Waals surface area contributed by atoms with Gasteiger partial charge in [-0.1, -0.05) is 18.6 Å². The number of nitrogens with zero attached hydrogens (tertiary/aromatic N) is 2. The Morgan fingerprint density at radius 3 is 2.90 bits per heavy atom. The summed E-state index contributed by atoms with van der Waals surface area (Å²) in [6.07, 6.45) is 5.08. The van der Waals surface area contributed by atoms with Crippen molar-refractivity contribution in [3.63, 3.8) is 0 Å². The van der Waals surface area contributed by atoms with Crippen molar-refractivity contribution in [2.24, 2.45) is 4.99 Å². The zero-order chi connectivity index (χ0) is 20.6. The molecule has 0 aliphatic carbocycles. The van der Waals surface area contributed by atoms with E-state index in [0.29, 0.717) is 25.2 Å². The van der Waals surface area contributed by atoms with Gasteiger partial charge in [0.05, 0.1) is 13.2 Å². The van der Waals surface area contributed by atoms with Crippen molar-refractivity contribution in [1.82, 2.24) is 15.5 Å². The van der Waals surface area contributed by atoms with Gasteiger partial charge in [0.1, 0.15) is 11.9 Å². The summed E-state index contributed by atoms with van der Waals surface area (Å²) >= 11 is 0. The summed E-state index contributed by atoms with van der Waals surface area (Å²) in [5.74, 6) is 1.77. The van der Waals surface area contributed by atoms with Gasteiger partial charge in [-0.25, -0.2) is 0 Å². The minimum Gasteiger partial charge on any atom is -0.488 e. The minimum atomic E-state index is 0.153. The highest BCUT2D eigenvalue weighted by atomic mass is 16.5. The van der Waals surface area contributed by atoms with Crippen LogP contribution < -0.4 is 15.4 Å². The maximum absolute atomic E-state index is 6.21. The number of piperidine rings is 1. The lowest BCUT2D eigenvalue weighted by molar-refractivity contribution is 0.115. The van der Waals surface area contributed by atoms with Gasteiger partial charge in [0, 0.05) is 44.2 Å². The Morgan fingerprint density at radius 1 is 1.31 bits per heavy atom. The molecule has 0 aromatic heterocycles. The maximum atomic E-state index is 6.21. The first-order valence-corrected chi connectivity index (χ1v) is 11.1. The quantitative estimate of drug-likeness (QED) is 0.542. The fraction of sp³-hybridized carbons (Fsp3) is 0.696. The number of ether oxygens (including phenoxy) is 2. The second-order valence-corrected chi connectivity index (χ2v) is 8.45. The van der Waals surface area contributed by atoms with Crippen LogP contribution in [0.3, 0.4) is 0 Å². The van der Waals surface area contributed by atoms with Gasteiger partial charge in [-0.05, 0) is 51.8 Å². The smallest absolute Gasteiger partial charge is 0.191 e. The van der Waals surface area contributed by atoms with Gasteiger partial charge >= 0.3 is 0 Å². The predicted octanol–water partition coefficient (Wildman–Crippen LogP) is 3.09. The van der Waals surface area contributed by atoms with E-state index in [1.54, 1.807) is 0 Å². The van der Waals surface area contributed by atoms with E-state index < -0.39 is 0 Å². The fourth-order valence-corrected chi connectivity index (χ4v) is 4.24. The van der Waals surface area contributed by atoms with Crippen molar-refractivity contribution in [2.75, 3.05) is 33.4 Å². The Balaban J connectivity index is 1.52. The van der Waals surface area contributed by atoms with Crippen LogP contribution in [0.15, 0.2) is 23.2 Å². The number of nitrogens with one attached hydrogen (secondary N) is 2. The van der Waals surface area contributed by atoms with Crippen molar-refractivity contribution < 1.29 is 9.47 Å². The summed E-state index contributed by atoms with van der Waals surface area (Å²) in [6.45, 7) is 11.0. The molecular formula is C23H38N4O2. The molecule has 0 bridgehead atoms. The molecule has 29 heavy (non-hydrogen) atoms. The second-order valence-electron chi connectivity index (χ2n) is 8.45. The molecule has 3 unspecified atom stereocenters. The fourth-order valence-electron chi connectivity index (χ4n) is 4.24. The van der Waals surface area contributed by atoms with Crippen LogP contribution in [0, 0.1) is 6.92 Å². The molecule has 0 saturated carbocycles. The number of guanidine groups is 1. The van der Waals surface area contributed by atoms with E-state index in [-0.39, 0.29) is 6.10 Å². The number of rotatable bonds is 7. The van der Waals surface area contributed by atoms with Crippen LogP contribution in [0.2, 0.25) is 0 Å². The topological polar surface area (TPSA) is 58.1 Å². The first-order valence-electron chi connectivity index (χ1n) is 11.1. The molecule has 2 saturated heterocycles. The van der Waals surface area contributed by atoms with Gasteiger partial charge in [-0.15, -0.1) is 0 Å². The van der Waals surface area contributed by atoms with Crippen LogP contribution in [0.5, 0.6) is 5.75 Å². The number of hydrogen-bond donors (Lipinski definition) is 2. The molecule has 162 valence electrons. The van der Waals surface area contributed by atoms with E-state index in [2.05, 4.69) is 59.5 Å². The van der Waals surface area contributed by atoms with Gasteiger partial charge in [0.15, 0.2) is 5.96 Å². The maximum Gasteiger partial charge on any atom is 0.191 e. The molecule has 2 aliphatic rings. The molecule has 0 radical (unpaired) electrons. The highest BCUT2D eigenvalue weighted by Gasteiger charge is 2.23. The summed E-state index contributed by atoms with van der Waals surface area (Å²) in [4.78, 5) is 7.02. The number of hydrogen-bond acceptors (Lipinski definition) is 4. The molecule has 3 atom stereocenters. The van der Waals surface area contributed by atoms with E-state index in [9.17, 15) is 0 Å². The number of benzene rings is 1. The van der Waals surface area contributed by atoms with Crippen LogP contribution in [-0.4, -0.2) is 62.4 Å². The third kappa shape index (κ3) is 6.34. The summed E-state index contributed by atoms with van der Waals surface area (Å²) in [7, 11) is 1.83. The normalized spacial score (nSPS) is 24.3. The molecule has 6 heteroatoms. The lowest BCUT2D eigenvalue weighted by Crippen LogP contribution is -2.50. The molecular weight excluding hydrogens is 364 g/mol. The summed E-state index contributed by atoms with van der Waals surface area (Å²) in [6, 6.07) is 7.54. The lowest BCUT2D eigenvalue weighted by Gasteiger charge is -2.38. The summed E-state index contributed by atoms with van der Waals surface area (Å²) in [5, 5.41) is 6.95. The third-order valence-corrected chi connectivity index (χ3v) is 6.06. The predicted molar refractivity (Wildman–Crippen MR) is 119 cm³/mol. The average Bonchev–Trinajstić information content (AvgIpc) is 3.22. The molecule has 3 rings (SSSR count). The molecule has 2 aliphatic heterocycles. The van der Waals surface area contributed by atoms with Crippen molar-refractivity contribution in [1.29, 1.82) is 0 Å². The zero-order valence-electron chi connectivity index (χ0n) is 18.5. The number of aliphatic imine (C=N–C) groups is 1. The second kappa shape index (κ2) is 10.8. The Kier molecular flexibility index (Phi) is 8.19. The van der Waals surface area contributed by atoms with Crippen molar-refractivity contribution in [3.8, 4) is 5.75 Å². The standard InChI is InChI=1S/C23H38N4O2/c1-17-8-9-20(22(13-17)29-21-10-12-28-16-21)15-26-23(24-4)25-14-19(3)27-11-6-5-7-18(27)2/h8-9,13,18-19,21H,5-7,10-12,14-16H2,1-4H3,(H2,24,25,26). The number of likely N-dealkylation sites (tertiary alicyclic amines) is 1. The molecule has 6 nitrogen and oxygen atoms in total. The SMILES string of the molecule is CN=C(NCc1ccc(C)cc1OC1CCOC1)NCC(C)N1CCCCC1C. The van der Waals surface area contributed by atoms with Gasteiger partial charge in [-0.3, -0.25) is 9.89 Å².